The quantitative estimate of drug-likeness (QED) is 0.495. The normalized spacial score (nSPS) is 19.7. The predicted octanol–water partition coefficient (Wildman–Crippen LogP) is 2.79. The summed E-state index contributed by atoms with van der Waals surface area (Å²) in [5.41, 5.74) is 5.63. The van der Waals surface area contributed by atoms with Crippen molar-refractivity contribution in [3.05, 3.63) is 71.3 Å². The highest BCUT2D eigenvalue weighted by atomic mass is 16.2. The fourth-order valence-corrected chi connectivity index (χ4v) is 3.14. The molecule has 0 aromatic heterocycles. The summed E-state index contributed by atoms with van der Waals surface area (Å²) in [6, 6.07) is 17.6. The second kappa shape index (κ2) is 7.95. The Morgan fingerprint density at radius 2 is 1.85 bits per heavy atom. The Balaban J connectivity index is 1.65. The van der Waals surface area contributed by atoms with Gasteiger partial charge in [0.15, 0.2) is 0 Å². The molecular formula is C21H23N3O2. The van der Waals surface area contributed by atoms with Crippen LogP contribution in [0.1, 0.15) is 42.4 Å². The summed E-state index contributed by atoms with van der Waals surface area (Å²) in [4.78, 5) is 24.6. The number of benzene rings is 2. The SMILES string of the molecule is CC(C)c1ccc(C=NNC(=O)[C@@H]2C(=O)NC[C@@H]2c2ccccc2)cc1. The maximum absolute atomic E-state index is 12.5. The van der Waals surface area contributed by atoms with Crippen molar-refractivity contribution in [2.24, 2.45) is 11.0 Å². The second-order valence-electron chi connectivity index (χ2n) is 6.80. The first-order valence-electron chi connectivity index (χ1n) is 8.82. The molecule has 5 nitrogen and oxygen atoms in total. The molecule has 2 N–H and O–H groups in total. The van der Waals surface area contributed by atoms with Crippen molar-refractivity contribution in [1.29, 1.82) is 0 Å². The smallest absolute Gasteiger partial charge is 0.253 e. The van der Waals surface area contributed by atoms with Crippen LogP contribution in [0.25, 0.3) is 0 Å². The van der Waals surface area contributed by atoms with E-state index >= 15 is 0 Å². The van der Waals surface area contributed by atoms with Gasteiger partial charge in [-0.05, 0) is 22.6 Å². The molecule has 0 spiro atoms. The van der Waals surface area contributed by atoms with E-state index in [0.29, 0.717) is 12.5 Å². The van der Waals surface area contributed by atoms with Crippen LogP contribution in [0.3, 0.4) is 0 Å². The first-order valence-corrected chi connectivity index (χ1v) is 8.82. The van der Waals surface area contributed by atoms with Gasteiger partial charge < -0.3 is 5.32 Å². The van der Waals surface area contributed by atoms with E-state index in [1.165, 1.54) is 5.56 Å². The largest absolute Gasteiger partial charge is 0.355 e. The first kappa shape index (κ1) is 17.9. The maximum atomic E-state index is 12.5. The number of carbonyl (C=O) groups excluding carboxylic acids is 2. The molecule has 1 heterocycles. The topological polar surface area (TPSA) is 70.6 Å². The van der Waals surface area contributed by atoms with E-state index in [9.17, 15) is 9.59 Å². The zero-order valence-electron chi connectivity index (χ0n) is 15.0. The minimum Gasteiger partial charge on any atom is -0.355 e. The molecule has 2 amide bonds. The van der Waals surface area contributed by atoms with Crippen LogP contribution in [-0.2, 0) is 9.59 Å². The standard InChI is InChI=1S/C21H23N3O2/c1-14(2)16-10-8-15(9-11-16)12-23-24-21(26)19-18(13-22-20(19)25)17-6-4-3-5-7-17/h3-12,14,18-19H,13H2,1-2H3,(H,22,25)(H,24,26)/t18-,19+/m1/s1. The summed E-state index contributed by atoms with van der Waals surface area (Å²) in [7, 11) is 0. The molecule has 2 aromatic rings. The van der Waals surface area contributed by atoms with Gasteiger partial charge in [0.25, 0.3) is 5.91 Å². The maximum Gasteiger partial charge on any atom is 0.253 e. The summed E-state index contributed by atoms with van der Waals surface area (Å²) in [5, 5.41) is 6.79. The van der Waals surface area contributed by atoms with E-state index in [0.717, 1.165) is 11.1 Å². The van der Waals surface area contributed by atoms with Crippen LogP contribution in [0.4, 0.5) is 0 Å². The molecule has 1 aliphatic heterocycles. The fourth-order valence-electron chi connectivity index (χ4n) is 3.14. The van der Waals surface area contributed by atoms with Crippen molar-refractivity contribution in [1.82, 2.24) is 10.7 Å². The highest BCUT2D eigenvalue weighted by Gasteiger charge is 2.40. The molecule has 134 valence electrons. The lowest BCUT2D eigenvalue weighted by Gasteiger charge is -2.15. The van der Waals surface area contributed by atoms with E-state index in [-0.39, 0.29) is 17.7 Å². The lowest BCUT2D eigenvalue weighted by Crippen LogP contribution is -2.34. The molecule has 5 heteroatoms. The van der Waals surface area contributed by atoms with Crippen molar-refractivity contribution < 1.29 is 9.59 Å². The van der Waals surface area contributed by atoms with Gasteiger partial charge >= 0.3 is 0 Å². The van der Waals surface area contributed by atoms with E-state index in [1.54, 1.807) is 6.21 Å². The molecule has 1 aliphatic rings. The minimum atomic E-state index is -0.766. The lowest BCUT2D eigenvalue weighted by atomic mass is 9.88. The molecule has 1 saturated heterocycles. The average molecular weight is 349 g/mol. The summed E-state index contributed by atoms with van der Waals surface area (Å²) in [6.45, 7) is 4.74. The third-order valence-corrected chi connectivity index (χ3v) is 4.68. The number of hydrogen-bond acceptors (Lipinski definition) is 3. The molecule has 0 unspecified atom stereocenters. The molecule has 0 aliphatic carbocycles. The van der Waals surface area contributed by atoms with E-state index in [1.807, 2.05) is 54.6 Å². The van der Waals surface area contributed by atoms with E-state index in [4.69, 9.17) is 0 Å². The Morgan fingerprint density at radius 3 is 2.50 bits per heavy atom. The number of rotatable bonds is 5. The van der Waals surface area contributed by atoms with Crippen molar-refractivity contribution >= 4 is 18.0 Å². The molecule has 26 heavy (non-hydrogen) atoms. The van der Waals surface area contributed by atoms with Crippen molar-refractivity contribution in [2.45, 2.75) is 25.7 Å². The first-order chi connectivity index (χ1) is 12.6. The molecular weight excluding hydrogens is 326 g/mol. The number of carbonyl (C=O) groups is 2. The highest BCUT2D eigenvalue weighted by Crippen LogP contribution is 2.28. The van der Waals surface area contributed by atoms with Crippen molar-refractivity contribution in [2.75, 3.05) is 6.54 Å². The van der Waals surface area contributed by atoms with Gasteiger partial charge in [0.1, 0.15) is 5.92 Å². The van der Waals surface area contributed by atoms with Crippen molar-refractivity contribution in [3.63, 3.8) is 0 Å². The van der Waals surface area contributed by atoms with Gasteiger partial charge in [-0.25, -0.2) is 5.43 Å². The molecule has 0 radical (unpaired) electrons. The Kier molecular flexibility index (Phi) is 5.46. The molecule has 0 saturated carbocycles. The Morgan fingerprint density at radius 1 is 1.15 bits per heavy atom. The number of amides is 2. The molecule has 2 aromatic carbocycles. The predicted molar refractivity (Wildman–Crippen MR) is 102 cm³/mol. The molecule has 1 fully saturated rings. The van der Waals surface area contributed by atoms with Gasteiger partial charge in [-0.3, -0.25) is 9.59 Å². The summed E-state index contributed by atoms with van der Waals surface area (Å²) < 4.78 is 0. The van der Waals surface area contributed by atoms with Gasteiger partial charge in [0.2, 0.25) is 5.91 Å². The summed E-state index contributed by atoms with van der Waals surface area (Å²) in [5.74, 6) is -1.12. The fraction of sp³-hybridized carbons (Fsp3) is 0.286. The van der Waals surface area contributed by atoms with Gasteiger partial charge in [-0.15, -0.1) is 0 Å². The zero-order chi connectivity index (χ0) is 18.5. The van der Waals surface area contributed by atoms with Crippen molar-refractivity contribution in [3.8, 4) is 0 Å². The van der Waals surface area contributed by atoms with E-state index in [2.05, 4.69) is 29.7 Å². The van der Waals surface area contributed by atoms with E-state index < -0.39 is 5.92 Å². The van der Waals surface area contributed by atoms with Crippen LogP contribution in [-0.4, -0.2) is 24.6 Å². The lowest BCUT2D eigenvalue weighted by molar-refractivity contribution is -0.133. The monoisotopic (exact) mass is 349 g/mol. The number of hydrogen-bond donors (Lipinski definition) is 2. The van der Waals surface area contributed by atoms with Crippen LogP contribution >= 0.6 is 0 Å². The van der Waals surface area contributed by atoms with Crippen LogP contribution in [0.5, 0.6) is 0 Å². The van der Waals surface area contributed by atoms with Gasteiger partial charge in [0, 0.05) is 12.5 Å². The summed E-state index contributed by atoms with van der Waals surface area (Å²) in [6.07, 6.45) is 1.59. The van der Waals surface area contributed by atoms with Crippen LogP contribution in [0.2, 0.25) is 0 Å². The van der Waals surface area contributed by atoms with Gasteiger partial charge in [-0.1, -0.05) is 68.4 Å². The third kappa shape index (κ3) is 3.99. The van der Waals surface area contributed by atoms with Crippen LogP contribution in [0, 0.1) is 5.92 Å². The highest BCUT2D eigenvalue weighted by molar-refractivity contribution is 6.03. The summed E-state index contributed by atoms with van der Waals surface area (Å²) >= 11 is 0. The third-order valence-electron chi connectivity index (χ3n) is 4.68. The minimum absolute atomic E-state index is 0.177. The van der Waals surface area contributed by atoms with Gasteiger partial charge in [0.05, 0.1) is 6.21 Å². The Hall–Kier alpha value is -2.95. The number of nitrogens with one attached hydrogen (secondary N) is 2. The second-order valence-corrected chi connectivity index (χ2v) is 6.80. The molecule has 2 atom stereocenters. The zero-order valence-corrected chi connectivity index (χ0v) is 15.0. The van der Waals surface area contributed by atoms with Gasteiger partial charge in [-0.2, -0.15) is 5.10 Å². The number of nitrogens with zero attached hydrogens (tertiary/aromatic N) is 1. The number of hydrazone groups is 1. The Bertz CT molecular complexity index is 798. The van der Waals surface area contributed by atoms with Crippen LogP contribution in [0.15, 0.2) is 59.7 Å². The Labute approximate surface area is 153 Å². The average Bonchev–Trinajstić information content (AvgIpc) is 3.04. The molecule has 3 rings (SSSR count). The van der Waals surface area contributed by atoms with Crippen LogP contribution < -0.4 is 10.7 Å². The molecule has 0 bridgehead atoms.